The molecule has 3 aromatic rings. The molecule has 1 fully saturated rings. The van der Waals surface area contributed by atoms with Gasteiger partial charge in [-0.15, -0.1) is 0 Å². The molecular weight excluding hydrogens is 454 g/mol. The average molecular weight is 484 g/mol. The Morgan fingerprint density at radius 1 is 1.00 bits per heavy atom. The molecule has 1 N–H and O–H groups in total. The molecule has 1 aliphatic heterocycles. The Morgan fingerprint density at radius 2 is 1.68 bits per heavy atom. The summed E-state index contributed by atoms with van der Waals surface area (Å²) in [6.45, 7) is 7.49. The van der Waals surface area contributed by atoms with E-state index in [2.05, 4.69) is 16.5 Å². The second-order valence-electron chi connectivity index (χ2n) is 8.30. The van der Waals surface area contributed by atoms with E-state index in [1.165, 1.54) is 16.8 Å². The fraction of sp³-hybridized carbons (Fsp3) is 0.333. The smallest absolute Gasteiger partial charge is 0.296 e. The predicted octanol–water partition coefficient (Wildman–Crippen LogP) is 2.06. The third-order valence-corrected chi connectivity index (χ3v) is 7.64. The summed E-state index contributed by atoms with van der Waals surface area (Å²) in [5, 5.41) is 0. The first-order valence-electron chi connectivity index (χ1n) is 11.2. The topological polar surface area (TPSA) is 96.7 Å². The van der Waals surface area contributed by atoms with E-state index in [0.717, 1.165) is 19.6 Å². The largest absolute Gasteiger partial charge is 0.336 e. The Bertz CT molecular complexity index is 1350. The van der Waals surface area contributed by atoms with Gasteiger partial charge in [0, 0.05) is 38.8 Å². The molecule has 0 radical (unpaired) electrons. The maximum Gasteiger partial charge on any atom is 0.296 e. The number of likely N-dealkylation sites (N-methyl/N-ethyl adjacent to an activating group) is 1. The summed E-state index contributed by atoms with van der Waals surface area (Å²) in [5.74, 6) is -0.199. The Kier molecular flexibility index (Phi) is 6.63. The zero-order valence-electron chi connectivity index (χ0n) is 19.6. The van der Waals surface area contributed by atoms with Gasteiger partial charge in [0.15, 0.2) is 0 Å². The van der Waals surface area contributed by atoms with Gasteiger partial charge in [-0.3, -0.25) is 19.0 Å². The van der Waals surface area contributed by atoms with Crippen molar-refractivity contribution < 1.29 is 13.2 Å². The van der Waals surface area contributed by atoms with Crippen LogP contribution in [0.25, 0.3) is 5.69 Å². The highest BCUT2D eigenvalue weighted by Crippen LogP contribution is 2.20. The van der Waals surface area contributed by atoms with E-state index in [-0.39, 0.29) is 16.5 Å². The molecule has 1 aliphatic rings. The summed E-state index contributed by atoms with van der Waals surface area (Å²) in [5.41, 5.74) is 0.895. The van der Waals surface area contributed by atoms with E-state index in [1.54, 1.807) is 60.0 Å². The lowest BCUT2D eigenvalue weighted by atomic mass is 10.2. The fourth-order valence-electron chi connectivity index (χ4n) is 4.13. The molecule has 1 aromatic heterocycles. The first kappa shape index (κ1) is 23.8. The van der Waals surface area contributed by atoms with Crippen LogP contribution in [-0.4, -0.2) is 66.2 Å². The molecule has 0 saturated carbocycles. The molecule has 0 spiro atoms. The number of benzene rings is 2. The van der Waals surface area contributed by atoms with Crippen molar-refractivity contribution in [2.45, 2.75) is 18.7 Å². The van der Waals surface area contributed by atoms with Crippen LogP contribution in [0.15, 0.2) is 64.3 Å². The van der Waals surface area contributed by atoms with Crippen molar-refractivity contribution in [3.8, 4) is 5.69 Å². The number of carbonyl (C=O) groups excluding carboxylic acids is 1. The quantitative estimate of drug-likeness (QED) is 0.579. The van der Waals surface area contributed by atoms with Gasteiger partial charge in [0.2, 0.25) is 0 Å². The number of piperazine rings is 1. The molecule has 4 rings (SSSR count). The molecule has 2 aromatic carbocycles. The minimum atomic E-state index is -4.10. The Hall–Kier alpha value is -3.37. The lowest BCUT2D eigenvalue weighted by molar-refractivity contribution is 0.0643. The van der Waals surface area contributed by atoms with Gasteiger partial charge in [-0.25, -0.2) is 13.1 Å². The van der Waals surface area contributed by atoms with Gasteiger partial charge in [0.05, 0.1) is 16.3 Å². The van der Waals surface area contributed by atoms with Crippen LogP contribution in [0.3, 0.4) is 0 Å². The maximum atomic E-state index is 13.2. The molecule has 10 heteroatoms. The number of nitrogens with zero attached hydrogens (tertiary/aromatic N) is 4. The number of hydrogen-bond acceptors (Lipinski definition) is 5. The highest BCUT2D eigenvalue weighted by atomic mass is 32.2. The number of carbonyl (C=O) groups is 1. The van der Waals surface area contributed by atoms with Crippen LogP contribution in [0.5, 0.6) is 0 Å². The number of para-hydroxylation sites is 1. The number of sulfonamides is 1. The fourth-order valence-corrected chi connectivity index (χ4v) is 5.29. The Labute approximate surface area is 199 Å². The number of hydrogen-bond donors (Lipinski definition) is 1. The van der Waals surface area contributed by atoms with Crippen LogP contribution in [0.4, 0.5) is 5.69 Å². The number of anilines is 1. The molecule has 0 bridgehead atoms. The van der Waals surface area contributed by atoms with Gasteiger partial charge in [0.25, 0.3) is 21.5 Å². The normalized spacial score (nSPS) is 14.9. The van der Waals surface area contributed by atoms with Crippen LogP contribution in [0.1, 0.15) is 23.0 Å². The van der Waals surface area contributed by atoms with E-state index in [1.807, 2.05) is 6.07 Å². The molecule has 2 heterocycles. The zero-order chi connectivity index (χ0) is 24.5. The summed E-state index contributed by atoms with van der Waals surface area (Å²) in [7, 11) is -2.41. The van der Waals surface area contributed by atoms with Gasteiger partial charge in [0.1, 0.15) is 5.69 Å². The molecule has 0 unspecified atom stereocenters. The standard InChI is InChI=1S/C24H29N5O4S/c1-4-27-13-15-28(16-14-27)23(30)19-9-8-12-21(17-19)34(32,33)25-22-18(2)26(3)29(24(22)31)20-10-6-5-7-11-20/h5-12,17,25H,4,13-16H2,1-3H3. The van der Waals surface area contributed by atoms with Crippen molar-refractivity contribution in [3.05, 3.63) is 76.2 Å². The average Bonchev–Trinajstić information content (AvgIpc) is 3.07. The number of amides is 1. The molecular formula is C24H29N5O4S. The van der Waals surface area contributed by atoms with Gasteiger partial charge >= 0.3 is 0 Å². The van der Waals surface area contributed by atoms with Gasteiger partial charge < -0.3 is 9.80 Å². The van der Waals surface area contributed by atoms with Crippen LogP contribution >= 0.6 is 0 Å². The van der Waals surface area contributed by atoms with E-state index >= 15 is 0 Å². The molecule has 34 heavy (non-hydrogen) atoms. The molecule has 0 aliphatic carbocycles. The SMILES string of the molecule is CCN1CCN(C(=O)c2cccc(S(=O)(=O)Nc3c(C)n(C)n(-c4ccccc4)c3=O)c2)CC1. The molecule has 0 atom stereocenters. The summed E-state index contributed by atoms with van der Waals surface area (Å²) in [4.78, 5) is 30.0. The third-order valence-electron chi connectivity index (χ3n) is 6.29. The van der Waals surface area contributed by atoms with Crippen LogP contribution in [-0.2, 0) is 17.1 Å². The van der Waals surface area contributed by atoms with Crippen molar-refractivity contribution in [2.75, 3.05) is 37.4 Å². The van der Waals surface area contributed by atoms with Crippen molar-refractivity contribution in [1.29, 1.82) is 0 Å². The van der Waals surface area contributed by atoms with Crippen LogP contribution in [0, 0.1) is 6.92 Å². The third kappa shape index (κ3) is 4.51. The first-order chi connectivity index (χ1) is 16.2. The summed E-state index contributed by atoms with van der Waals surface area (Å²) in [6, 6.07) is 14.9. The Balaban J connectivity index is 1.61. The lowest BCUT2D eigenvalue weighted by Gasteiger charge is -2.34. The van der Waals surface area contributed by atoms with E-state index < -0.39 is 15.6 Å². The number of rotatable bonds is 6. The molecule has 1 amide bonds. The van der Waals surface area contributed by atoms with Gasteiger partial charge in [-0.05, 0) is 43.8 Å². The summed E-state index contributed by atoms with van der Waals surface area (Å²) < 4.78 is 31.8. The van der Waals surface area contributed by atoms with Crippen molar-refractivity contribution in [3.63, 3.8) is 0 Å². The second-order valence-corrected chi connectivity index (χ2v) is 9.98. The zero-order valence-corrected chi connectivity index (χ0v) is 20.4. The first-order valence-corrected chi connectivity index (χ1v) is 12.7. The van der Waals surface area contributed by atoms with Crippen molar-refractivity contribution in [1.82, 2.24) is 19.2 Å². The molecule has 9 nitrogen and oxygen atoms in total. The van der Waals surface area contributed by atoms with Crippen LogP contribution in [0.2, 0.25) is 0 Å². The van der Waals surface area contributed by atoms with E-state index in [4.69, 9.17) is 0 Å². The van der Waals surface area contributed by atoms with Crippen molar-refractivity contribution >= 4 is 21.6 Å². The van der Waals surface area contributed by atoms with Gasteiger partial charge in [-0.2, -0.15) is 0 Å². The van der Waals surface area contributed by atoms with E-state index in [0.29, 0.717) is 30.0 Å². The minimum Gasteiger partial charge on any atom is -0.336 e. The molecule has 180 valence electrons. The number of nitrogens with one attached hydrogen (secondary N) is 1. The highest BCUT2D eigenvalue weighted by Gasteiger charge is 2.25. The van der Waals surface area contributed by atoms with Gasteiger partial charge in [-0.1, -0.05) is 31.2 Å². The Morgan fingerprint density at radius 3 is 2.32 bits per heavy atom. The monoisotopic (exact) mass is 483 g/mol. The maximum absolute atomic E-state index is 13.2. The van der Waals surface area contributed by atoms with Crippen molar-refractivity contribution in [2.24, 2.45) is 7.05 Å². The minimum absolute atomic E-state index is 0.0289. The summed E-state index contributed by atoms with van der Waals surface area (Å²) >= 11 is 0. The summed E-state index contributed by atoms with van der Waals surface area (Å²) in [6.07, 6.45) is 0. The second kappa shape index (κ2) is 9.47. The van der Waals surface area contributed by atoms with Crippen LogP contribution < -0.4 is 10.3 Å². The predicted molar refractivity (Wildman–Crippen MR) is 131 cm³/mol. The molecule has 1 saturated heterocycles. The highest BCUT2D eigenvalue weighted by molar-refractivity contribution is 7.92. The number of aromatic nitrogens is 2. The van der Waals surface area contributed by atoms with E-state index in [9.17, 15) is 18.0 Å². The lowest BCUT2D eigenvalue weighted by Crippen LogP contribution is -2.48.